The lowest BCUT2D eigenvalue weighted by atomic mass is 9.88. The topological polar surface area (TPSA) is 52.9 Å². The van der Waals surface area contributed by atoms with Gasteiger partial charge in [-0.3, -0.25) is 9.98 Å². The fraction of sp³-hybridized carbons (Fsp3) is 0.414. The molecule has 35 heavy (non-hydrogen) atoms. The molecule has 0 fully saturated rings. The summed E-state index contributed by atoms with van der Waals surface area (Å²) >= 11 is 6.32. The van der Waals surface area contributed by atoms with Crippen molar-refractivity contribution >= 4 is 40.1 Å². The van der Waals surface area contributed by atoms with Gasteiger partial charge in [-0.1, -0.05) is 37.1 Å². The van der Waals surface area contributed by atoms with Crippen LogP contribution < -0.4 is 5.32 Å². The molecular formula is C29H36ClN5. The van der Waals surface area contributed by atoms with Crippen molar-refractivity contribution in [3.63, 3.8) is 0 Å². The number of aliphatic imine (C=N–C) groups is 2. The van der Waals surface area contributed by atoms with Crippen molar-refractivity contribution < 1.29 is 0 Å². The molecule has 6 heteroatoms. The highest BCUT2D eigenvalue weighted by atomic mass is 35.5. The van der Waals surface area contributed by atoms with Crippen LogP contribution in [0.25, 0.3) is 5.57 Å². The van der Waals surface area contributed by atoms with Crippen LogP contribution >= 0.6 is 11.6 Å². The first kappa shape index (κ1) is 25.3. The maximum absolute atomic E-state index is 6.32. The minimum absolute atomic E-state index is 0.712. The zero-order valence-electron chi connectivity index (χ0n) is 21.6. The number of pyridine rings is 1. The number of nitrogens with zero attached hydrogens (tertiary/aromatic N) is 4. The molecule has 184 valence electrons. The zero-order valence-corrected chi connectivity index (χ0v) is 22.3. The van der Waals surface area contributed by atoms with E-state index in [0.717, 1.165) is 79.2 Å². The molecule has 1 aromatic heterocycles. The minimum atomic E-state index is 0.712. The van der Waals surface area contributed by atoms with Gasteiger partial charge >= 0.3 is 0 Å². The lowest BCUT2D eigenvalue weighted by Crippen LogP contribution is -2.15. The maximum atomic E-state index is 6.32. The molecule has 0 radical (unpaired) electrons. The molecule has 0 saturated heterocycles. The SMILES string of the molecule is CCC1=C2C(=CN=C(Nc3cc(CCCN(C)C)cnc3CC)C1)CC(C)=Nc1cc(Cl)ccc12. The third-order valence-corrected chi connectivity index (χ3v) is 6.79. The molecule has 0 unspecified atom stereocenters. The van der Waals surface area contributed by atoms with Gasteiger partial charge in [0.05, 0.1) is 17.1 Å². The molecule has 2 aliphatic heterocycles. The van der Waals surface area contributed by atoms with Gasteiger partial charge in [-0.15, -0.1) is 0 Å². The number of aromatic nitrogens is 1. The van der Waals surface area contributed by atoms with Crippen LogP contribution in [0.2, 0.25) is 5.02 Å². The number of hydrogen-bond donors (Lipinski definition) is 1. The van der Waals surface area contributed by atoms with Crippen molar-refractivity contribution in [1.29, 1.82) is 0 Å². The largest absolute Gasteiger partial charge is 0.342 e. The number of hydrogen-bond acceptors (Lipinski definition) is 5. The Labute approximate surface area is 214 Å². The summed E-state index contributed by atoms with van der Waals surface area (Å²) in [4.78, 5) is 16.8. The van der Waals surface area contributed by atoms with Gasteiger partial charge in [0.25, 0.3) is 0 Å². The first-order valence-corrected chi connectivity index (χ1v) is 13.0. The minimum Gasteiger partial charge on any atom is -0.342 e. The third-order valence-electron chi connectivity index (χ3n) is 6.56. The van der Waals surface area contributed by atoms with E-state index in [0.29, 0.717) is 5.02 Å². The molecule has 0 aliphatic carbocycles. The standard InChI is InChI=1S/C29H36ClN5/c1-6-21-15-28(34-27-14-20(9-8-12-35(4)5)17-31-25(27)7-2)32-18-22-13-19(3)33-26-16-23(30)10-11-24(26)29(21)22/h10-11,14,16-18H,6-9,12-13,15H2,1-5H3,(H,32,34). The van der Waals surface area contributed by atoms with Gasteiger partial charge in [0.15, 0.2) is 0 Å². The van der Waals surface area contributed by atoms with Gasteiger partial charge in [0, 0.05) is 41.5 Å². The van der Waals surface area contributed by atoms with Gasteiger partial charge in [0.1, 0.15) is 5.84 Å². The average molecular weight is 490 g/mol. The Hall–Kier alpha value is -2.76. The van der Waals surface area contributed by atoms with E-state index in [1.54, 1.807) is 0 Å². The number of aryl methyl sites for hydroxylation is 2. The summed E-state index contributed by atoms with van der Waals surface area (Å²) in [6.07, 6.45) is 9.55. The van der Waals surface area contributed by atoms with E-state index in [-0.39, 0.29) is 0 Å². The molecular weight excluding hydrogens is 454 g/mol. The Morgan fingerprint density at radius 3 is 2.66 bits per heavy atom. The quantitative estimate of drug-likeness (QED) is 0.445. The summed E-state index contributed by atoms with van der Waals surface area (Å²) in [6.45, 7) is 7.52. The molecule has 1 N–H and O–H groups in total. The van der Waals surface area contributed by atoms with Crippen LogP contribution in [0.3, 0.4) is 0 Å². The second-order valence-corrected chi connectivity index (χ2v) is 10.1. The second-order valence-electron chi connectivity index (χ2n) is 9.65. The summed E-state index contributed by atoms with van der Waals surface area (Å²) in [7, 11) is 4.23. The Morgan fingerprint density at radius 1 is 1.09 bits per heavy atom. The summed E-state index contributed by atoms with van der Waals surface area (Å²) in [6, 6.07) is 8.29. The smallest absolute Gasteiger partial charge is 0.110 e. The van der Waals surface area contributed by atoms with Crippen molar-refractivity contribution in [1.82, 2.24) is 9.88 Å². The van der Waals surface area contributed by atoms with Crippen molar-refractivity contribution in [2.24, 2.45) is 9.98 Å². The number of rotatable bonds is 7. The van der Waals surface area contributed by atoms with E-state index in [9.17, 15) is 0 Å². The van der Waals surface area contributed by atoms with Gasteiger partial charge < -0.3 is 10.2 Å². The second kappa shape index (κ2) is 11.3. The Kier molecular flexibility index (Phi) is 8.19. The molecule has 4 rings (SSSR count). The predicted molar refractivity (Wildman–Crippen MR) is 150 cm³/mol. The average Bonchev–Trinajstić information content (AvgIpc) is 3.06. The van der Waals surface area contributed by atoms with Gasteiger partial charge in [-0.05, 0) is 88.2 Å². The number of halogens is 1. The van der Waals surface area contributed by atoms with E-state index >= 15 is 0 Å². The van der Waals surface area contributed by atoms with Crippen LogP contribution in [0, 0.1) is 0 Å². The lowest BCUT2D eigenvalue weighted by Gasteiger charge is -2.17. The van der Waals surface area contributed by atoms with Gasteiger partial charge in [-0.25, -0.2) is 4.99 Å². The van der Waals surface area contributed by atoms with Crippen molar-refractivity contribution in [3.8, 4) is 0 Å². The van der Waals surface area contributed by atoms with Crippen LogP contribution in [0.15, 0.2) is 57.8 Å². The molecule has 0 bridgehead atoms. The summed E-state index contributed by atoms with van der Waals surface area (Å²) in [5, 5.41) is 4.37. The predicted octanol–water partition coefficient (Wildman–Crippen LogP) is 7.25. The Balaban J connectivity index is 1.67. The Bertz CT molecular complexity index is 1220. The van der Waals surface area contributed by atoms with Gasteiger partial charge in [-0.2, -0.15) is 0 Å². The fourth-order valence-electron chi connectivity index (χ4n) is 4.81. The molecule has 2 aliphatic rings. The number of amidine groups is 1. The fourth-order valence-corrected chi connectivity index (χ4v) is 4.97. The molecule has 5 nitrogen and oxygen atoms in total. The third kappa shape index (κ3) is 6.09. The van der Waals surface area contributed by atoms with Crippen molar-refractivity contribution in [2.75, 3.05) is 26.0 Å². The van der Waals surface area contributed by atoms with Crippen LogP contribution in [0.4, 0.5) is 11.4 Å². The molecule has 0 spiro atoms. The number of anilines is 1. The van der Waals surface area contributed by atoms with Crippen LogP contribution in [-0.4, -0.2) is 42.1 Å². The highest BCUT2D eigenvalue weighted by Crippen LogP contribution is 2.42. The summed E-state index contributed by atoms with van der Waals surface area (Å²) in [5.74, 6) is 0.960. The van der Waals surface area contributed by atoms with Crippen LogP contribution in [0.1, 0.15) is 63.3 Å². The lowest BCUT2D eigenvalue weighted by molar-refractivity contribution is 0.400. The van der Waals surface area contributed by atoms with Crippen molar-refractivity contribution in [3.05, 3.63) is 69.7 Å². The number of nitrogens with one attached hydrogen (secondary N) is 1. The molecule has 3 heterocycles. The molecule has 2 aromatic rings. The maximum Gasteiger partial charge on any atom is 0.110 e. The number of fused-ring (bicyclic) bond motifs is 3. The van der Waals surface area contributed by atoms with E-state index in [1.807, 2.05) is 24.5 Å². The highest BCUT2D eigenvalue weighted by molar-refractivity contribution is 6.31. The van der Waals surface area contributed by atoms with Crippen LogP contribution in [-0.2, 0) is 12.8 Å². The van der Waals surface area contributed by atoms with E-state index in [4.69, 9.17) is 26.6 Å². The first-order chi connectivity index (χ1) is 16.9. The monoisotopic (exact) mass is 489 g/mol. The first-order valence-electron chi connectivity index (χ1n) is 12.6. The van der Waals surface area contributed by atoms with E-state index in [2.05, 4.69) is 57.2 Å². The molecule has 0 amide bonds. The van der Waals surface area contributed by atoms with Gasteiger partial charge in [0.2, 0.25) is 0 Å². The van der Waals surface area contributed by atoms with Crippen molar-refractivity contribution in [2.45, 2.75) is 59.3 Å². The number of benzene rings is 1. The Morgan fingerprint density at radius 2 is 1.91 bits per heavy atom. The number of allylic oxidation sites excluding steroid dienone is 2. The molecule has 0 saturated carbocycles. The molecule has 1 aromatic carbocycles. The normalized spacial score (nSPS) is 15.6. The molecule has 0 atom stereocenters. The summed E-state index contributed by atoms with van der Waals surface area (Å²) < 4.78 is 0. The van der Waals surface area contributed by atoms with Crippen LogP contribution in [0.5, 0.6) is 0 Å². The van der Waals surface area contributed by atoms with E-state index in [1.165, 1.54) is 22.3 Å². The summed E-state index contributed by atoms with van der Waals surface area (Å²) in [5.41, 5.74) is 10.4. The zero-order chi connectivity index (χ0) is 24.9. The van der Waals surface area contributed by atoms with E-state index < -0.39 is 0 Å². The highest BCUT2D eigenvalue weighted by Gasteiger charge is 2.23.